The van der Waals surface area contributed by atoms with Crippen molar-refractivity contribution >= 4 is 17.5 Å². The lowest BCUT2D eigenvalue weighted by atomic mass is 10.0. The van der Waals surface area contributed by atoms with Crippen molar-refractivity contribution in [2.24, 2.45) is 5.73 Å². The maximum Gasteiger partial charge on any atom is 0.255 e. The van der Waals surface area contributed by atoms with Crippen molar-refractivity contribution in [3.8, 4) is 11.1 Å². The van der Waals surface area contributed by atoms with E-state index in [4.69, 9.17) is 5.73 Å². The Bertz CT molecular complexity index is 1290. The van der Waals surface area contributed by atoms with E-state index in [1.54, 1.807) is 48.8 Å². The van der Waals surface area contributed by atoms with Crippen LogP contribution in [0.3, 0.4) is 0 Å². The van der Waals surface area contributed by atoms with Gasteiger partial charge in [0.1, 0.15) is 0 Å². The van der Waals surface area contributed by atoms with Crippen molar-refractivity contribution in [2.75, 3.05) is 5.32 Å². The highest BCUT2D eigenvalue weighted by molar-refractivity contribution is 6.04. The van der Waals surface area contributed by atoms with Crippen molar-refractivity contribution in [1.82, 2.24) is 10.3 Å². The first-order valence-corrected chi connectivity index (χ1v) is 11.1. The largest absolute Gasteiger partial charge is 0.345 e. The van der Waals surface area contributed by atoms with Gasteiger partial charge in [-0.25, -0.2) is 0 Å². The van der Waals surface area contributed by atoms with Gasteiger partial charge >= 0.3 is 0 Å². The summed E-state index contributed by atoms with van der Waals surface area (Å²) in [7, 11) is 0. The summed E-state index contributed by atoms with van der Waals surface area (Å²) in [6.07, 6.45) is 3.38. The molecule has 1 unspecified atom stereocenters. The van der Waals surface area contributed by atoms with Crippen molar-refractivity contribution in [3.63, 3.8) is 0 Å². The van der Waals surface area contributed by atoms with Gasteiger partial charge in [0.05, 0.1) is 6.04 Å². The maximum atomic E-state index is 12.9. The molecule has 5 rings (SSSR count). The monoisotopic (exact) mass is 448 g/mol. The standard InChI is InChI=1S/C28H24N4O2/c29-25(18-9-11-19(12-10-18)28(34)31-20-13-15-30-16-14-20)17-26(33)32-27-23-7-3-1-5-21(23)22-6-2-4-8-24(22)27/h1-16,25,27H,17,29H2,(H,32,33)(H,30,31,34). The van der Waals surface area contributed by atoms with E-state index in [1.165, 1.54) is 0 Å². The molecule has 0 saturated carbocycles. The summed E-state index contributed by atoms with van der Waals surface area (Å²) in [4.78, 5) is 29.3. The average molecular weight is 449 g/mol. The van der Waals surface area contributed by atoms with Crippen molar-refractivity contribution in [2.45, 2.75) is 18.5 Å². The minimum atomic E-state index is -0.482. The highest BCUT2D eigenvalue weighted by Gasteiger charge is 2.29. The molecule has 0 bridgehead atoms. The molecule has 34 heavy (non-hydrogen) atoms. The zero-order valence-electron chi connectivity index (χ0n) is 18.4. The normalized spacial score (nSPS) is 13.0. The summed E-state index contributed by atoms with van der Waals surface area (Å²) in [6.45, 7) is 0. The van der Waals surface area contributed by atoms with Crippen molar-refractivity contribution < 1.29 is 9.59 Å². The predicted octanol–water partition coefficient (Wildman–Crippen LogP) is 4.61. The third-order valence-corrected chi connectivity index (χ3v) is 6.08. The van der Waals surface area contributed by atoms with Gasteiger partial charge in [-0.3, -0.25) is 14.6 Å². The van der Waals surface area contributed by atoms with Gasteiger partial charge in [0.2, 0.25) is 5.91 Å². The average Bonchev–Trinajstić information content (AvgIpc) is 3.18. The molecule has 4 N–H and O–H groups in total. The van der Waals surface area contributed by atoms with Gasteiger partial charge in [-0.05, 0) is 52.1 Å². The molecule has 1 aromatic heterocycles. The van der Waals surface area contributed by atoms with E-state index in [2.05, 4.69) is 39.9 Å². The topological polar surface area (TPSA) is 97.1 Å². The summed E-state index contributed by atoms with van der Waals surface area (Å²) in [5.41, 5.74) is 12.8. The fourth-order valence-corrected chi connectivity index (χ4v) is 4.37. The number of nitrogens with one attached hydrogen (secondary N) is 2. The fourth-order valence-electron chi connectivity index (χ4n) is 4.37. The molecule has 0 radical (unpaired) electrons. The first-order chi connectivity index (χ1) is 16.6. The molecular weight excluding hydrogens is 424 g/mol. The smallest absolute Gasteiger partial charge is 0.255 e. The van der Waals surface area contributed by atoms with Crippen LogP contribution in [0.25, 0.3) is 11.1 Å². The van der Waals surface area contributed by atoms with Crippen LogP contribution in [0.2, 0.25) is 0 Å². The lowest BCUT2D eigenvalue weighted by Gasteiger charge is -2.18. The lowest BCUT2D eigenvalue weighted by Crippen LogP contribution is -2.31. The quantitative estimate of drug-likeness (QED) is 0.401. The van der Waals surface area contributed by atoms with Crippen LogP contribution in [0, 0.1) is 0 Å². The molecule has 4 aromatic rings. The molecule has 3 aromatic carbocycles. The Morgan fingerprint density at radius 2 is 1.41 bits per heavy atom. The number of hydrogen-bond acceptors (Lipinski definition) is 4. The molecule has 168 valence electrons. The van der Waals surface area contributed by atoms with E-state index in [1.807, 2.05) is 24.3 Å². The Balaban J connectivity index is 1.24. The molecule has 1 atom stereocenters. The molecule has 0 saturated heterocycles. The SMILES string of the molecule is NC(CC(=O)NC1c2ccccc2-c2ccccc21)c1ccc(C(=O)Nc2ccncc2)cc1. The number of carbonyl (C=O) groups excluding carboxylic acids is 2. The Morgan fingerprint density at radius 1 is 0.824 bits per heavy atom. The summed E-state index contributed by atoms with van der Waals surface area (Å²) < 4.78 is 0. The minimum absolute atomic E-state index is 0.122. The van der Waals surface area contributed by atoms with Crippen LogP contribution in [0.15, 0.2) is 97.3 Å². The van der Waals surface area contributed by atoms with Gasteiger partial charge in [-0.2, -0.15) is 0 Å². The molecular formula is C28H24N4O2. The van der Waals surface area contributed by atoms with Crippen LogP contribution in [0.4, 0.5) is 5.69 Å². The maximum absolute atomic E-state index is 12.9. The van der Waals surface area contributed by atoms with Gasteiger partial charge < -0.3 is 16.4 Å². The van der Waals surface area contributed by atoms with Crippen molar-refractivity contribution in [3.05, 3.63) is 120 Å². The van der Waals surface area contributed by atoms with Gasteiger partial charge in [0.15, 0.2) is 0 Å². The van der Waals surface area contributed by atoms with Gasteiger partial charge in [0, 0.05) is 36.1 Å². The number of anilines is 1. The van der Waals surface area contributed by atoms with E-state index >= 15 is 0 Å². The number of amides is 2. The van der Waals surface area contributed by atoms with Crippen LogP contribution < -0.4 is 16.4 Å². The number of rotatable bonds is 6. The third-order valence-electron chi connectivity index (χ3n) is 6.08. The summed E-state index contributed by atoms with van der Waals surface area (Å²) >= 11 is 0. The number of benzene rings is 3. The second-order valence-corrected chi connectivity index (χ2v) is 8.30. The number of aromatic nitrogens is 1. The first kappa shape index (κ1) is 21.6. The van der Waals surface area contributed by atoms with Crippen LogP contribution in [-0.2, 0) is 4.79 Å². The van der Waals surface area contributed by atoms with E-state index in [9.17, 15) is 9.59 Å². The summed E-state index contributed by atoms with van der Waals surface area (Å²) in [6, 6.07) is 26.1. The molecule has 6 nitrogen and oxygen atoms in total. The number of nitrogens with two attached hydrogens (primary N) is 1. The van der Waals surface area contributed by atoms with E-state index in [0.29, 0.717) is 11.3 Å². The van der Waals surface area contributed by atoms with E-state index in [0.717, 1.165) is 27.8 Å². The fraction of sp³-hybridized carbons (Fsp3) is 0.107. The molecule has 2 amide bonds. The van der Waals surface area contributed by atoms with Crippen molar-refractivity contribution in [1.29, 1.82) is 0 Å². The highest BCUT2D eigenvalue weighted by Crippen LogP contribution is 2.43. The number of carbonyl (C=O) groups is 2. The minimum Gasteiger partial charge on any atom is -0.345 e. The van der Waals surface area contributed by atoms with Crippen LogP contribution in [-0.4, -0.2) is 16.8 Å². The predicted molar refractivity (Wildman–Crippen MR) is 132 cm³/mol. The lowest BCUT2D eigenvalue weighted by molar-refractivity contribution is -0.121. The molecule has 0 aliphatic heterocycles. The Hall–Kier alpha value is -4.29. The molecule has 0 fully saturated rings. The molecule has 1 heterocycles. The second kappa shape index (κ2) is 9.29. The summed E-state index contributed by atoms with van der Waals surface area (Å²) in [5, 5.41) is 5.98. The van der Waals surface area contributed by atoms with E-state index < -0.39 is 6.04 Å². The zero-order valence-corrected chi connectivity index (χ0v) is 18.4. The van der Waals surface area contributed by atoms with Crippen LogP contribution in [0.5, 0.6) is 0 Å². The second-order valence-electron chi connectivity index (χ2n) is 8.30. The van der Waals surface area contributed by atoms with Gasteiger partial charge in [0.25, 0.3) is 5.91 Å². The third kappa shape index (κ3) is 4.31. The molecule has 6 heteroatoms. The van der Waals surface area contributed by atoms with Crippen LogP contribution >= 0.6 is 0 Å². The first-order valence-electron chi connectivity index (χ1n) is 11.1. The Kier molecular flexibility index (Phi) is 5.89. The van der Waals surface area contributed by atoms with Gasteiger partial charge in [-0.15, -0.1) is 0 Å². The Morgan fingerprint density at radius 3 is 2.03 bits per heavy atom. The molecule has 0 spiro atoms. The van der Waals surface area contributed by atoms with Crippen LogP contribution in [0.1, 0.15) is 45.6 Å². The molecule has 1 aliphatic carbocycles. The van der Waals surface area contributed by atoms with Gasteiger partial charge in [-0.1, -0.05) is 60.7 Å². The zero-order chi connectivity index (χ0) is 23.5. The number of fused-ring (bicyclic) bond motifs is 3. The number of nitrogens with zero attached hydrogens (tertiary/aromatic N) is 1. The number of pyridine rings is 1. The number of hydrogen-bond donors (Lipinski definition) is 3. The Labute approximate surface area is 197 Å². The summed E-state index contributed by atoms with van der Waals surface area (Å²) in [5.74, 6) is -0.342. The molecule has 1 aliphatic rings. The van der Waals surface area contributed by atoms with E-state index in [-0.39, 0.29) is 24.3 Å². The highest BCUT2D eigenvalue weighted by atomic mass is 16.2.